The maximum absolute atomic E-state index is 14.0. The third-order valence-corrected chi connectivity index (χ3v) is 13.7. The van der Waals surface area contributed by atoms with Crippen LogP contribution in [0.25, 0.3) is 6.08 Å². The average molecular weight is 895 g/mol. The first-order valence-corrected chi connectivity index (χ1v) is 22.7. The van der Waals surface area contributed by atoms with E-state index in [2.05, 4.69) is 57.2 Å². The number of nitrogens with one attached hydrogen (secondary N) is 2. The van der Waals surface area contributed by atoms with Gasteiger partial charge in [-0.2, -0.15) is 0 Å². The number of aromatic nitrogens is 2. The Kier molecular flexibility index (Phi) is 13.4. The number of hydrogen-bond donors (Lipinski definition) is 2. The number of benzene rings is 3. The molecule has 2 aliphatic heterocycles. The number of hydrogen-bond acceptors (Lipinski definition) is 15. The third-order valence-electron chi connectivity index (χ3n) is 9.68. The number of amides is 2. The van der Waals surface area contributed by atoms with Crippen molar-refractivity contribution < 1.29 is 33.5 Å². The van der Waals surface area contributed by atoms with Crippen molar-refractivity contribution in [3.8, 4) is 0 Å². The molecule has 61 heavy (non-hydrogen) atoms. The molecule has 17 heteroatoms. The van der Waals surface area contributed by atoms with E-state index in [0.29, 0.717) is 15.8 Å². The number of carbonyl (C=O) groups is 4. The lowest BCUT2D eigenvalue weighted by atomic mass is 9.77. The number of oxime groups is 1. The first kappa shape index (κ1) is 43.3. The minimum Gasteiger partial charge on any atom is -0.427 e. The van der Waals surface area contributed by atoms with Gasteiger partial charge in [0.05, 0.1) is 21.5 Å². The molecule has 0 bridgehead atoms. The zero-order chi connectivity index (χ0) is 43.1. The zero-order valence-electron chi connectivity index (χ0n) is 33.8. The van der Waals surface area contributed by atoms with Crippen molar-refractivity contribution in [1.29, 1.82) is 0 Å². The molecule has 0 radical (unpaired) electrons. The molecule has 4 heterocycles. The van der Waals surface area contributed by atoms with Gasteiger partial charge in [-0.25, -0.2) is 14.8 Å². The van der Waals surface area contributed by atoms with Gasteiger partial charge in [0.15, 0.2) is 10.8 Å². The number of fused-ring (bicyclic) bond motifs is 1. The molecule has 5 aromatic rings. The van der Waals surface area contributed by atoms with Crippen LogP contribution in [-0.2, 0) is 39.0 Å². The van der Waals surface area contributed by atoms with Gasteiger partial charge in [-0.3, -0.25) is 19.3 Å². The molecule has 2 N–H and O–H groups in total. The van der Waals surface area contributed by atoms with Crippen molar-refractivity contribution >= 4 is 86.9 Å². The van der Waals surface area contributed by atoms with E-state index in [9.17, 15) is 19.2 Å². The standard InChI is InChI=1S/C44H42N6O7S4/c1-27-32(61-25-45-27)21-22-58-33-24-59-39-35(38(52)50(39)36(33)40(53)56-26-57-41(54)43(2,3)4)47-37(51)34(49-55-5)31-23-60-42(46-31)48-44(28-15-9-6-10-16-28,29-17-11-7-12-18-29)30-19-13-8-14-20-30/h6-23,25,35,39H,24,26H2,1-5H3,(H,46,48)(H,47,51)/b22-21-,49-34-/t35-,39-/m1/s1. The van der Waals surface area contributed by atoms with Crippen LogP contribution < -0.4 is 10.6 Å². The quantitative estimate of drug-likeness (QED) is 0.0263. The Bertz CT molecular complexity index is 2390. The summed E-state index contributed by atoms with van der Waals surface area (Å²) in [6.45, 7) is 6.32. The Morgan fingerprint density at radius 3 is 2.11 bits per heavy atom. The molecule has 2 aliphatic rings. The summed E-state index contributed by atoms with van der Waals surface area (Å²) < 4.78 is 10.6. The summed E-state index contributed by atoms with van der Waals surface area (Å²) in [6, 6.07) is 29.1. The van der Waals surface area contributed by atoms with Gasteiger partial charge in [0.2, 0.25) is 6.79 Å². The smallest absolute Gasteiger partial charge is 0.358 e. The minimum absolute atomic E-state index is 0.0152. The summed E-state index contributed by atoms with van der Waals surface area (Å²) in [6.07, 6.45) is 1.89. The highest BCUT2D eigenvalue weighted by Gasteiger charge is 2.55. The summed E-state index contributed by atoms with van der Waals surface area (Å²) >= 11 is 5.43. The number of β-lactam (4-membered cyclic amide) rings is 1. The molecular formula is C44H42N6O7S4. The predicted octanol–water partition coefficient (Wildman–Crippen LogP) is 7.77. The monoisotopic (exact) mass is 894 g/mol. The summed E-state index contributed by atoms with van der Waals surface area (Å²) in [4.78, 5) is 71.0. The second kappa shape index (κ2) is 18.9. The van der Waals surface area contributed by atoms with Crippen LogP contribution >= 0.6 is 46.2 Å². The Labute approximate surface area is 369 Å². The third kappa shape index (κ3) is 9.29. The molecule has 3 aromatic carbocycles. The van der Waals surface area contributed by atoms with Crippen LogP contribution in [0.5, 0.6) is 0 Å². The van der Waals surface area contributed by atoms with E-state index in [4.69, 9.17) is 19.3 Å². The molecule has 0 saturated carbocycles. The lowest BCUT2D eigenvalue weighted by molar-refractivity contribution is -0.173. The van der Waals surface area contributed by atoms with Crippen molar-refractivity contribution in [3.05, 3.63) is 151 Å². The molecule has 1 fully saturated rings. The molecular weight excluding hydrogens is 853 g/mol. The van der Waals surface area contributed by atoms with Crippen LogP contribution in [0.15, 0.2) is 123 Å². The average Bonchev–Trinajstić information content (AvgIpc) is 3.91. The Balaban J connectivity index is 1.12. The molecule has 2 atom stereocenters. The van der Waals surface area contributed by atoms with Crippen LogP contribution in [-0.4, -0.2) is 75.4 Å². The fourth-order valence-corrected chi connectivity index (χ4v) is 10.5. The lowest BCUT2D eigenvalue weighted by Gasteiger charge is -2.49. The molecule has 0 unspecified atom stereocenters. The largest absolute Gasteiger partial charge is 0.427 e. The zero-order valence-corrected chi connectivity index (χ0v) is 37.1. The van der Waals surface area contributed by atoms with Crippen LogP contribution in [0.2, 0.25) is 0 Å². The van der Waals surface area contributed by atoms with Gasteiger partial charge < -0.3 is 24.9 Å². The Morgan fingerprint density at radius 2 is 1.56 bits per heavy atom. The van der Waals surface area contributed by atoms with Gasteiger partial charge in [0.25, 0.3) is 11.8 Å². The highest BCUT2D eigenvalue weighted by atomic mass is 32.2. The number of anilines is 1. The second-order valence-corrected chi connectivity index (χ2v) is 18.6. The van der Waals surface area contributed by atoms with E-state index in [1.807, 2.05) is 73.0 Å². The van der Waals surface area contributed by atoms with Gasteiger partial charge in [-0.1, -0.05) is 108 Å². The topological polar surface area (TPSA) is 161 Å². The number of carbonyl (C=O) groups excluding carboxylic acids is 4. The maximum Gasteiger partial charge on any atom is 0.358 e. The molecule has 1 saturated heterocycles. The van der Waals surface area contributed by atoms with E-state index >= 15 is 0 Å². The van der Waals surface area contributed by atoms with Gasteiger partial charge in [0.1, 0.15) is 35.5 Å². The normalized spacial score (nSPS) is 16.8. The van der Waals surface area contributed by atoms with Gasteiger partial charge in [0, 0.05) is 16.0 Å². The number of aryl methyl sites for hydroxylation is 1. The van der Waals surface area contributed by atoms with Crippen molar-refractivity contribution in [2.24, 2.45) is 10.6 Å². The second-order valence-electron chi connectivity index (χ2n) is 14.7. The van der Waals surface area contributed by atoms with E-state index < -0.39 is 52.9 Å². The number of esters is 2. The van der Waals surface area contributed by atoms with E-state index in [-0.39, 0.29) is 17.1 Å². The number of thioether (sulfide) groups is 2. The summed E-state index contributed by atoms with van der Waals surface area (Å²) in [5.41, 5.74) is 3.96. The summed E-state index contributed by atoms with van der Waals surface area (Å²) in [5, 5.41) is 13.9. The predicted molar refractivity (Wildman–Crippen MR) is 241 cm³/mol. The molecule has 0 aliphatic carbocycles. The molecule has 7 rings (SSSR count). The highest BCUT2D eigenvalue weighted by Crippen LogP contribution is 2.45. The van der Waals surface area contributed by atoms with E-state index in [1.165, 1.54) is 58.2 Å². The Hall–Kier alpha value is -5.75. The van der Waals surface area contributed by atoms with Crippen molar-refractivity contribution in [1.82, 2.24) is 20.2 Å². The molecule has 0 spiro atoms. The summed E-state index contributed by atoms with van der Waals surface area (Å²) in [5.74, 6) is -2.28. The van der Waals surface area contributed by atoms with Gasteiger partial charge in [-0.15, -0.1) is 34.4 Å². The molecule has 2 aromatic heterocycles. The van der Waals surface area contributed by atoms with Crippen molar-refractivity contribution in [3.63, 3.8) is 0 Å². The molecule has 13 nitrogen and oxygen atoms in total. The molecule has 314 valence electrons. The highest BCUT2D eigenvalue weighted by molar-refractivity contribution is 8.08. The lowest BCUT2D eigenvalue weighted by Crippen LogP contribution is -2.71. The van der Waals surface area contributed by atoms with Crippen molar-refractivity contribution in [2.45, 2.75) is 44.6 Å². The van der Waals surface area contributed by atoms with E-state index in [0.717, 1.165) is 27.3 Å². The maximum atomic E-state index is 14.0. The number of rotatable bonds is 15. The Morgan fingerprint density at radius 1 is 0.934 bits per heavy atom. The van der Waals surface area contributed by atoms with Crippen LogP contribution in [0.3, 0.4) is 0 Å². The summed E-state index contributed by atoms with van der Waals surface area (Å²) in [7, 11) is 1.32. The first-order valence-electron chi connectivity index (χ1n) is 19.0. The van der Waals surface area contributed by atoms with Crippen LogP contribution in [0, 0.1) is 12.3 Å². The van der Waals surface area contributed by atoms with Crippen molar-refractivity contribution in [2.75, 3.05) is 25.0 Å². The SMILES string of the molecule is CO/N=C(\C(=O)N[C@@H]1C(=O)N2C(C(=O)OCOC(=O)C(C)(C)C)=C(S/C=C\c3scnc3C)CS[C@H]12)c1csc(NC(c2ccccc2)(c2ccccc2)c2ccccc2)n1. The first-order chi connectivity index (χ1) is 29.4. The van der Waals surface area contributed by atoms with Crippen LogP contribution in [0.4, 0.5) is 5.13 Å². The fourth-order valence-electron chi connectivity index (χ4n) is 6.63. The molecule has 2 amide bonds. The number of nitrogens with zero attached hydrogens (tertiary/aromatic N) is 4. The fraction of sp³-hybridized carbons (Fsp3) is 0.250. The van der Waals surface area contributed by atoms with E-state index in [1.54, 1.807) is 31.7 Å². The minimum atomic E-state index is -1.01. The van der Waals surface area contributed by atoms with Gasteiger partial charge in [-0.05, 0) is 55.9 Å². The van der Waals surface area contributed by atoms with Gasteiger partial charge >= 0.3 is 11.9 Å². The van der Waals surface area contributed by atoms with Crippen LogP contribution in [0.1, 0.15) is 53.7 Å². The number of ether oxygens (including phenoxy) is 2. The number of thiazole rings is 2.